The Morgan fingerprint density at radius 2 is 1.89 bits per heavy atom. The van der Waals surface area contributed by atoms with Crippen LogP contribution in [-0.2, 0) is 4.79 Å². The van der Waals surface area contributed by atoms with Gasteiger partial charge in [-0.05, 0) is 25.0 Å². The van der Waals surface area contributed by atoms with Crippen molar-refractivity contribution >= 4 is 17.7 Å². The summed E-state index contributed by atoms with van der Waals surface area (Å²) in [6.45, 7) is 3.67. The topological polar surface area (TPSA) is 32.3 Å². The predicted molar refractivity (Wildman–Crippen MR) is 80.5 cm³/mol. The fourth-order valence-corrected chi connectivity index (χ4v) is 3.03. The van der Waals surface area contributed by atoms with Crippen LogP contribution in [0.4, 0.5) is 0 Å². The molecule has 104 valence electrons. The molecule has 1 heterocycles. The lowest BCUT2D eigenvalue weighted by Gasteiger charge is -2.15. The summed E-state index contributed by atoms with van der Waals surface area (Å²) < 4.78 is 0. The molecule has 1 N–H and O–H groups in total. The van der Waals surface area contributed by atoms with Gasteiger partial charge in [-0.2, -0.15) is 0 Å². The van der Waals surface area contributed by atoms with Crippen molar-refractivity contribution in [1.29, 1.82) is 0 Å². The van der Waals surface area contributed by atoms with E-state index in [9.17, 15) is 4.79 Å². The van der Waals surface area contributed by atoms with Gasteiger partial charge in [0.1, 0.15) is 0 Å². The van der Waals surface area contributed by atoms with Gasteiger partial charge in [0.05, 0.1) is 0 Å². The van der Waals surface area contributed by atoms with E-state index in [1.54, 1.807) is 0 Å². The van der Waals surface area contributed by atoms with Gasteiger partial charge in [0, 0.05) is 43.2 Å². The lowest BCUT2D eigenvalue weighted by molar-refractivity contribution is -0.130. The van der Waals surface area contributed by atoms with Crippen molar-refractivity contribution < 1.29 is 4.79 Å². The van der Waals surface area contributed by atoms with Crippen LogP contribution in [0.25, 0.3) is 0 Å². The number of nitrogens with zero attached hydrogens (tertiary/aromatic N) is 1. The van der Waals surface area contributed by atoms with Gasteiger partial charge in [-0.1, -0.05) is 18.2 Å². The van der Waals surface area contributed by atoms with Crippen molar-refractivity contribution in [3.63, 3.8) is 0 Å². The molecule has 0 unspecified atom stereocenters. The van der Waals surface area contributed by atoms with Crippen molar-refractivity contribution in [2.24, 2.45) is 0 Å². The Balaban J connectivity index is 1.49. The maximum Gasteiger partial charge on any atom is 0.223 e. The number of hydrogen-bond donors (Lipinski definition) is 1. The summed E-state index contributed by atoms with van der Waals surface area (Å²) in [4.78, 5) is 15.1. The van der Waals surface area contributed by atoms with Crippen molar-refractivity contribution in [2.75, 3.05) is 31.9 Å². The Hall–Kier alpha value is -1.00. The second-order valence-electron chi connectivity index (χ2n) is 4.75. The van der Waals surface area contributed by atoms with Crippen LogP contribution in [0.2, 0.25) is 0 Å². The SMILES string of the molecule is O=C(CCNCCSc1ccccc1)N1CCCC1. The molecule has 1 saturated heterocycles. The van der Waals surface area contributed by atoms with E-state index in [-0.39, 0.29) is 0 Å². The molecule has 3 nitrogen and oxygen atoms in total. The number of rotatable bonds is 7. The molecule has 0 bridgehead atoms. The first-order valence-electron chi connectivity index (χ1n) is 7.02. The fourth-order valence-electron chi connectivity index (χ4n) is 2.20. The first-order chi connectivity index (χ1) is 9.36. The number of nitrogens with one attached hydrogen (secondary N) is 1. The normalized spacial score (nSPS) is 14.8. The minimum absolute atomic E-state index is 0.306. The monoisotopic (exact) mass is 278 g/mol. The first kappa shape index (κ1) is 14.4. The molecule has 1 aliphatic rings. The van der Waals surface area contributed by atoms with E-state index in [1.807, 2.05) is 22.7 Å². The second-order valence-corrected chi connectivity index (χ2v) is 5.92. The van der Waals surface area contributed by atoms with Gasteiger partial charge in [0.15, 0.2) is 0 Å². The summed E-state index contributed by atoms with van der Waals surface area (Å²) in [7, 11) is 0. The summed E-state index contributed by atoms with van der Waals surface area (Å²) >= 11 is 1.85. The molecule has 1 aromatic carbocycles. The highest BCUT2D eigenvalue weighted by molar-refractivity contribution is 7.99. The summed E-state index contributed by atoms with van der Waals surface area (Å²) in [6.07, 6.45) is 2.98. The van der Waals surface area contributed by atoms with E-state index in [4.69, 9.17) is 0 Å². The molecule has 0 radical (unpaired) electrons. The Bertz CT molecular complexity index is 377. The molecule has 0 saturated carbocycles. The van der Waals surface area contributed by atoms with Crippen molar-refractivity contribution in [1.82, 2.24) is 10.2 Å². The Morgan fingerprint density at radius 1 is 1.16 bits per heavy atom. The van der Waals surface area contributed by atoms with Crippen LogP contribution in [0.3, 0.4) is 0 Å². The average Bonchev–Trinajstić information content (AvgIpc) is 2.98. The van der Waals surface area contributed by atoms with Crippen LogP contribution < -0.4 is 5.32 Å². The molecule has 0 aromatic heterocycles. The van der Waals surface area contributed by atoms with Gasteiger partial charge in [0.25, 0.3) is 0 Å². The van der Waals surface area contributed by atoms with Gasteiger partial charge >= 0.3 is 0 Å². The molecule has 0 atom stereocenters. The standard InChI is InChI=1S/C15H22N2OS/c18-15(17-11-4-5-12-17)8-9-16-10-13-19-14-6-2-1-3-7-14/h1-3,6-7,16H,4-5,8-13H2. The molecule has 19 heavy (non-hydrogen) atoms. The summed E-state index contributed by atoms with van der Waals surface area (Å²) in [6, 6.07) is 10.4. The third kappa shape index (κ3) is 5.25. The van der Waals surface area contributed by atoms with Crippen molar-refractivity contribution in [3.8, 4) is 0 Å². The number of amides is 1. The molecule has 1 amide bonds. The van der Waals surface area contributed by atoms with Crippen LogP contribution in [0.5, 0.6) is 0 Å². The summed E-state index contributed by atoms with van der Waals surface area (Å²) in [5, 5.41) is 3.34. The minimum atomic E-state index is 0.306. The van der Waals surface area contributed by atoms with Gasteiger partial charge in [-0.25, -0.2) is 0 Å². The molecular weight excluding hydrogens is 256 g/mol. The molecule has 4 heteroatoms. The van der Waals surface area contributed by atoms with Crippen LogP contribution >= 0.6 is 11.8 Å². The van der Waals surface area contributed by atoms with Crippen molar-refractivity contribution in [3.05, 3.63) is 30.3 Å². The van der Waals surface area contributed by atoms with Gasteiger partial charge in [-0.3, -0.25) is 4.79 Å². The lowest BCUT2D eigenvalue weighted by atomic mass is 10.3. The largest absolute Gasteiger partial charge is 0.343 e. The molecular formula is C15H22N2OS. The van der Waals surface area contributed by atoms with Gasteiger partial charge in [0.2, 0.25) is 5.91 Å². The molecule has 1 aliphatic heterocycles. The van der Waals surface area contributed by atoms with E-state index in [2.05, 4.69) is 29.6 Å². The van der Waals surface area contributed by atoms with E-state index in [1.165, 1.54) is 17.7 Å². The summed E-state index contributed by atoms with van der Waals surface area (Å²) in [5.74, 6) is 1.35. The minimum Gasteiger partial charge on any atom is -0.343 e. The maximum absolute atomic E-state index is 11.8. The number of carbonyl (C=O) groups excluding carboxylic acids is 1. The average molecular weight is 278 g/mol. The van der Waals surface area contributed by atoms with Crippen LogP contribution in [0.15, 0.2) is 35.2 Å². The van der Waals surface area contributed by atoms with Gasteiger partial charge in [-0.15, -0.1) is 11.8 Å². The highest BCUT2D eigenvalue weighted by Gasteiger charge is 2.16. The second kappa shape index (κ2) is 8.23. The molecule has 1 aromatic rings. The van der Waals surface area contributed by atoms with Crippen LogP contribution in [0, 0.1) is 0 Å². The molecule has 0 aliphatic carbocycles. The number of likely N-dealkylation sites (tertiary alicyclic amines) is 1. The zero-order valence-corrected chi connectivity index (χ0v) is 12.1. The molecule has 2 rings (SSSR count). The van der Waals surface area contributed by atoms with E-state index in [0.717, 1.165) is 31.9 Å². The third-order valence-electron chi connectivity index (χ3n) is 3.27. The Morgan fingerprint density at radius 3 is 2.63 bits per heavy atom. The van der Waals surface area contributed by atoms with Crippen LogP contribution in [-0.4, -0.2) is 42.7 Å². The van der Waals surface area contributed by atoms with E-state index < -0.39 is 0 Å². The van der Waals surface area contributed by atoms with Crippen molar-refractivity contribution in [2.45, 2.75) is 24.2 Å². The summed E-state index contributed by atoms with van der Waals surface area (Å²) in [5.41, 5.74) is 0. The Kier molecular flexibility index (Phi) is 6.24. The van der Waals surface area contributed by atoms with E-state index in [0.29, 0.717) is 12.3 Å². The zero-order chi connectivity index (χ0) is 13.3. The number of thioether (sulfide) groups is 1. The Labute approximate surface area is 119 Å². The predicted octanol–water partition coefficient (Wildman–Crippen LogP) is 2.38. The quantitative estimate of drug-likeness (QED) is 0.614. The van der Waals surface area contributed by atoms with E-state index >= 15 is 0 Å². The molecule has 0 spiro atoms. The maximum atomic E-state index is 11.8. The van der Waals surface area contributed by atoms with Crippen LogP contribution in [0.1, 0.15) is 19.3 Å². The highest BCUT2D eigenvalue weighted by Crippen LogP contribution is 2.15. The first-order valence-corrected chi connectivity index (χ1v) is 8.01. The lowest BCUT2D eigenvalue weighted by Crippen LogP contribution is -2.31. The fraction of sp³-hybridized carbons (Fsp3) is 0.533. The number of carbonyl (C=O) groups is 1. The number of benzene rings is 1. The molecule has 1 fully saturated rings. The highest BCUT2D eigenvalue weighted by atomic mass is 32.2. The third-order valence-corrected chi connectivity index (χ3v) is 4.28. The van der Waals surface area contributed by atoms with Gasteiger partial charge < -0.3 is 10.2 Å². The smallest absolute Gasteiger partial charge is 0.223 e. The zero-order valence-electron chi connectivity index (χ0n) is 11.3. The number of hydrogen-bond acceptors (Lipinski definition) is 3.